The number of carbonyl (C=O) groups excluding carboxylic acids is 2. The third kappa shape index (κ3) is 5.68. The molecule has 0 saturated heterocycles. The molecular formula is C23H20Cl2N2O4S. The lowest BCUT2D eigenvalue weighted by atomic mass is 10.0. The van der Waals surface area contributed by atoms with Gasteiger partial charge in [0.2, 0.25) is 15.9 Å². The van der Waals surface area contributed by atoms with Gasteiger partial charge in [0.1, 0.15) is 6.54 Å². The number of ketones is 1. The van der Waals surface area contributed by atoms with Gasteiger partial charge in [0.15, 0.2) is 5.78 Å². The van der Waals surface area contributed by atoms with Crippen LogP contribution >= 0.6 is 23.2 Å². The van der Waals surface area contributed by atoms with Crippen LogP contribution in [-0.4, -0.2) is 32.9 Å². The molecule has 0 spiro atoms. The van der Waals surface area contributed by atoms with Crippen LogP contribution in [0.5, 0.6) is 0 Å². The van der Waals surface area contributed by atoms with E-state index in [1.165, 1.54) is 18.2 Å². The molecular weight excluding hydrogens is 471 g/mol. The van der Waals surface area contributed by atoms with Gasteiger partial charge in [0.05, 0.1) is 17.6 Å². The number of benzene rings is 3. The van der Waals surface area contributed by atoms with Gasteiger partial charge in [0.25, 0.3) is 0 Å². The maximum absolute atomic E-state index is 13.0. The molecule has 0 fully saturated rings. The van der Waals surface area contributed by atoms with E-state index in [-0.39, 0.29) is 17.0 Å². The third-order valence-electron chi connectivity index (χ3n) is 4.65. The van der Waals surface area contributed by atoms with Crippen molar-refractivity contribution in [2.24, 2.45) is 0 Å². The standard InChI is InChI=1S/C23H20Cl2N2O4S/c1-15-12-17(24)9-11-21(15)27(32(2,30)31)14-22(28)26-20-10-8-18(25)13-19(20)23(29)16-6-4-3-5-7-16/h3-13H,14H2,1-2H3,(H,26,28). The van der Waals surface area contributed by atoms with Gasteiger partial charge in [-0.25, -0.2) is 8.42 Å². The van der Waals surface area contributed by atoms with Crippen LogP contribution in [-0.2, 0) is 14.8 Å². The molecule has 3 aromatic carbocycles. The van der Waals surface area contributed by atoms with Crippen molar-refractivity contribution in [2.75, 3.05) is 22.4 Å². The summed E-state index contributed by atoms with van der Waals surface area (Å²) < 4.78 is 25.8. The second kappa shape index (κ2) is 9.73. The summed E-state index contributed by atoms with van der Waals surface area (Å²) >= 11 is 12.0. The van der Waals surface area contributed by atoms with Gasteiger partial charge < -0.3 is 5.32 Å². The van der Waals surface area contributed by atoms with E-state index >= 15 is 0 Å². The lowest BCUT2D eigenvalue weighted by Crippen LogP contribution is -2.38. The van der Waals surface area contributed by atoms with Crippen molar-refractivity contribution in [1.29, 1.82) is 0 Å². The lowest BCUT2D eigenvalue weighted by molar-refractivity contribution is -0.114. The van der Waals surface area contributed by atoms with Crippen molar-refractivity contribution >= 4 is 56.3 Å². The van der Waals surface area contributed by atoms with Crippen molar-refractivity contribution in [3.05, 3.63) is 93.5 Å². The van der Waals surface area contributed by atoms with Crippen molar-refractivity contribution in [3.8, 4) is 0 Å². The Bertz CT molecular complexity index is 1280. The quantitative estimate of drug-likeness (QED) is 0.475. The summed E-state index contributed by atoms with van der Waals surface area (Å²) in [6, 6.07) is 17.8. The van der Waals surface area contributed by atoms with E-state index in [1.54, 1.807) is 55.5 Å². The van der Waals surface area contributed by atoms with Crippen molar-refractivity contribution in [1.82, 2.24) is 0 Å². The Hall–Kier alpha value is -2.87. The third-order valence-corrected chi connectivity index (χ3v) is 6.25. The Morgan fingerprint density at radius 2 is 1.56 bits per heavy atom. The summed E-state index contributed by atoms with van der Waals surface area (Å²) in [6.45, 7) is 1.22. The van der Waals surface area contributed by atoms with E-state index in [0.29, 0.717) is 26.9 Å². The van der Waals surface area contributed by atoms with Crippen molar-refractivity contribution in [3.63, 3.8) is 0 Å². The van der Waals surface area contributed by atoms with Crippen LogP contribution in [0, 0.1) is 6.92 Å². The number of aryl methyl sites for hydroxylation is 1. The number of halogens is 2. The molecule has 166 valence electrons. The fourth-order valence-corrected chi connectivity index (χ4v) is 4.47. The Morgan fingerprint density at radius 3 is 2.19 bits per heavy atom. The summed E-state index contributed by atoms with van der Waals surface area (Å²) in [7, 11) is -3.78. The normalized spacial score (nSPS) is 11.1. The van der Waals surface area contributed by atoms with Gasteiger partial charge in [-0.3, -0.25) is 13.9 Å². The topological polar surface area (TPSA) is 83.6 Å². The van der Waals surface area contributed by atoms with Gasteiger partial charge in [-0.1, -0.05) is 53.5 Å². The predicted molar refractivity (Wildman–Crippen MR) is 128 cm³/mol. The van der Waals surface area contributed by atoms with Crippen LogP contribution in [0.1, 0.15) is 21.5 Å². The SMILES string of the molecule is Cc1cc(Cl)ccc1N(CC(=O)Nc1ccc(Cl)cc1C(=O)c1ccccc1)S(C)(=O)=O. The van der Waals surface area contributed by atoms with Gasteiger partial charge in [-0.05, 0) is 48.9 Å². The van der Waals surface area contributed by atoms with Crippen LogP contribution in [0.4, 0.5) is 11.4 Å². The van der Waals surface area contributed by atoms with Crippen LogP contribution in [0.25, 0.3) is 0 Å². The highest BCUT2D eigenvalue weighted by Crippen LogP contribution is 2.27. The highest BCUT2D eigenvalue weighted by molar-refractivity contribution is 7.92. The zero-order chi connectivity index (χ0) is 23.5. The number of anilines is 2. The fourth-order valence-electron chi connectivity index (χ4n) is 3.16. The van der Waals surface area contributed by atoms with Crippen molar-refractivity contribution in [2.45, 2.75) is 6.92 Å². The Kier molecular flexibility index (Phi) is 7.23. The Balaban J connectivity index is 1.90. The van der Waals surface area contributed by atoms with E-state index in [1.807, 2.05) is 0 Å². The zero-order valence-electron chi connectivity index (χ0n) is 17.3. The molecule has 0 aromatic heterocycles. The number of sulfonamides is 1. The number of nitrogens with one attached hydrogen (secondary N) is 1. The fraction of sp³-hybridized carbons (Fsp3) is 0.130. The minimum Gasteiger partial charge on any atom is -0.324 e. The summed E-state index contributed by atoms with van der Waals surface area (Å²) in [4.78, 5) is 25.8. The molecule has 0 saturated carbocycles. The summed E-state index contributed by atoms with van der Waals surface area (Å²) in [5.41, 5.74) is 1.80. The lowest BCUT2D eigenvalue weighted by Gasteiger charge is -2.24. The maximum atomic E-state index is 13.0. The largest absolute Gasteiger partial charge is 0.324 e. The first-order valence-electron chi connectivity index (χ1n) is 9.49. The molecule has 32 heavy (non-hydrogen) atoms. The molecule has 9 heteroatoms. The zero-order valence-corrected chi connectivity index (χ0v) is 19.6. The molecule has 0 atom stereocenters. The first-order chi connectivity index (χ1) is 15.1. The Labute approximate surface area is 196 Å². The second-order valence-corrected chi connectivity index (χ2v) is 9.91. The molecule has 1 amide bonds. The molecule has 0 aliphatic rings. The van der Waals surface area contributed by atoms with E-state index in [4.69, 9.17) is 23.2 Å². The van der Waals surface area contributed by atoms with Gasteiger partial charge in [-0.2, -0.15) is 0 Å². The molecule has 3 aromatic rings. The molecule has 0 unspecified atom stereocenters. The first kappa shape index (κ1) is 23.8. The predicted octanol–water partition coefficient (Wildman–Crippen LogP) is 4.94. The minimum absolute atomic E-state index is 0.200. The monoisotopic (exact) mass is 490 g/mol. The van der Waals surface area contributed by atoms with E-state index in [0.717, 1.165) is 10.6 Å². The number of rotatable bonds is 7. The van der Waals surface area contributed by atoms with Crippen LogP contribution in [0.3, 0.4) is 0 Å². The number of hydrogen-bond donors (Lipinski definition) is 1. The second-order valence-electron chi connectivity index (χ2n) is 7.13. The molecule has 0 radical (unpaired) electrons. The van der Waals surface area contributed by atoms with Crippen LogP contribution in [0.15, 0.2) is 66.7 Å². The molecule has 6 nitrogen and oxygen atoms in total. The molecule has 0 bridgehead atoms. The molecule has 1 N–H and O–H groups in total. The van der Waals surface area contributed by atoms with Gasteiger partial charge in [-0.15, -0.1) is 0 Å². The van der Waals surface area contributed by atoms with Gasteiger partial charge in [0, 0.05) is 21.2 Å². The number of amides is 1. The first-order valence-corrected chi connectivity index (χ1v) is 12.1. The van der Waals surface area contributed by atoms with Crippen LogP contribution in [0.2, 0.25) is 10.0 Å². The van der Waals surface area contributed by atoms with Gasteiger partial charge >= 0.3 is 0 Å². The van der Waals surface area contributed by atoms with E-state index in [2.05, 4.69) is 5.32 Å². The summed E-state index contributed by atoms with van der Waals surface area (Å²) in [5.74, 6) is -0.939. The van der Waals surface area contributed by atoms with E-state index < -0.39 is 22.5 Å². The number of hydrogen-bond acceptors (Lipinski definition) is 4. The average molecular weight is 491 g/mol. The highest BCUT2D eigenvalue weighted by Gasteiger charge is 2.24. The number of carbonyl (C=O) groups is 2. The maximum Gasteiger partial charge on any atom is 0.245 e. The molecule has 0 heterocycles. The summed E-state index contributed by atoms with van der Waals surface area (Å²) in [6.07, 6.45) is 1.01. The highest BCUT2D eigenvalue weighted by atomic mass is 35.5. The molecule has 0 aliphatic carbocycles. The van der Waals surface area contributed by atoms with E-state index in [9.17, 15) is 18.0 Å². The number of nitrogens with zero attached hydrogens (tertiary/aromatic N) is 1. The summed E-state index contributed by atoms with van der Waals surface area (Å²) in [5, 5.41) is 3.42. The average Bonchev–Trinajstić information content (AvgIpc) is 2.73. The minimum atomic E-state index is -3.78. The van der Waals surface area contributed by atoms with Crippen molar-refractivity contribution < 1.29 is 18.0 Å². The molecule has 0 aliphatic heterocycles. The molecule has 3 rings (SSSR count). The Morgan fingerprint density at radius 1 is 0.938 bits per heavy atom. The van der Waals surface area contributed by atoms with Crippen LogP contribution < -0.4 is 9.62 Å². The smallest absolute Gasteiger partial charge is 0.245 e.